The summed E-state index contributed by atoms with van der Waals surface area (Å²) >= 11 is 11.8. The van der Waals surface area contributed by atoms with E-state index in [0.29, 0.717) is 39.0 Å². The van der Waals surface area contributed by atoms with Gasteiger partial charge in [0, 0.05) is 25.6 Å². The van der Waals surface area contributed by atoms with E-state index in [2.05, 4.69) is 9.62 Å². The Morgan fingerprint density at radius 1 is 1.16 bits per heavy atom. The lowest BCUT2D eigenvalue weighted by atomic mass is 10.0. The number of nitrogens with zero attached hydrogens (tertiary/aromatic N) is 1. The highest BCUT2D eigenvalue weighted by molar-refractivity contribution is 7.89. The standard InChI is InChI=1S/C15H19Cl2N3O4S/c16-11-7-10(8-12(17)14(11)18)25(22,23)19-9-1-4-20(5-2-9)13-3-6-24-15(13)21/h7-9,13,19H,1-6,18H2/t13-/m0/s1. The molecule has 2 saturated heterocycles. The number of piperidine rings is 1. The van der Waals surface area contributed by atoms with E-state index in [9.17, 15) is 13.2 Å². The molecule has 1 aromatic carbocycles. The molecule has 25 heavy (non-hydrogen) atoms. The SMILES string of the molecule is Nc1c(Cl)cc(S(=O)(=O)NC2CCN([C@H]3CCOC3=O)CC2)cc1Cl. The van der Waals surface area contributed by atoms with Crippen molar-refractivity contribution in [3.05, 3.63) is 22.2 Å². The van der Waals surface area contributed by atoms with Crippen molar-refractivity contribution in [1.82, 2.24) is 9.62 Å². The number of sulfonamides is 1. The van der Waals surface area contributed by atoms with Gasteiger partial charge in [-0.15, -0.1) is 0 Å². The molecule has 0 bridgehead atoms. The Hall–Kier alpha value is -1.06. The van der Waals surface area contributed by atoms with Crippen LogP contribution in [0.4, 0.5) is 5.69 Å². The highest BCUT2D eigenvalue weighted by Gasteiger charge is 2.35. The van der Waals surface area contributed by atoms with E-state index in [1.165, 1.54) is 12.1 Å². The van der Waals surface area contributed by atoms with Gasteiger partial charge in [-0.05, 0) is 25.0 Å². The maximum Gasteiger partial charge on any atom is 0.323 e. The maximum absolute atomic E-state index is 12.5. The van der Waals surface area contributed by atoms with Gasteiger partial charge >= 0.3 is 5.97 Å². The fraction of sp³-hybridized carbons (Fsp3) is 0.533. The third kappa shape index (κ3) is 4.03. The zero-order valence-electron chi connectivity index (χ0n) is 13.4. The fourth-order valence-electron chi connectivity index (χ4n) is 3.15. The summed E-state index contributed by atoms with van der Waals surface area (Å²) in [6.45, 7) is 1.72. The highest BCUT2D eigenvalue weighted by atomic mass is 35.5. The van der Waals surface area contributed by atoms with Gasteiger partial charge in [0.25, 0.3) is 0 Å². The lowest BCUT2D eigenvalue weighted by Gasteiger charge is -2.34. The number of nitrogen functional groups attached to an aromatic ring is 1. The predicted octanol–water partition coefficient (Wildman–Crippen LogP) is 1.63. The van der Waals surface area contributed by atoms with Crippen LogP contribution in [0, 0.1) is 0 Å². The third-order valence-corrected chi connectivity index (χ3v) is 6.69. The van der Waals surface area contributed by atoms with Crippen LogP contribution in [0.2, 0.25) is 10.0 Å². The molecule has 0 radical (unpaired) electrons. The van der Waals surface area contributed by atoms with Gasteiger partial charge in [-0.3, -0.25) is 9.69 Å². The Balaban J connectivity index is 1.64. The molecule has 2 aliphatic rings. The Kier molecular flexibility index (Phi) is 5.45. The van der Waals surface area contributed by atoms with Gasteiger partial charge in [-0.1, -0.05) is 23.2 Å². The molecular formula is C15H19Cl2N3O4S. The molecule has 3 N–H and O–H groups in total. The number of nitrogens with two attached hydrogens (primary N) is 1. The van der Waals surface area contributed by atoms with Crippen LogP contribution in [0.15, 0.2) is 17.0 Å². The van der Waals surface area contributed by atoms with Gasteiger partial charge in [0.2, 0.25) is 10.0 Å². The van der Waals surface area contributed by atoms with Crippen LogP contribution in [0.25, 0.3) is 0 Å². The van der Waals surface area contributed by atoms with Crippen molar-refractivity contribution in [2.45, 2.75) is 36.2 Å². The molecule has 2 aliphatic heterocycles. The number of benzene rings is 1. The monoisotopic (exact) mass is 407 g/mol. The summed E-state index contributed by atoms with van der Waals surface area (Å²) in [7, 11) is -3.75. The second kappa shape index (κ2) is 7.28. The van der Waals surface area contributed by atoms with Crippen LogP contribution in [-0.2, 0) is 19.6 Å². The first-order valence-electron chi connectivity index (χ1n) is 7.95. The molecule has 0 aliphatic carbocycles. The number of likely N-dealkylation sites (tertiary alicyclic amines) is 1. The number of anilines is 1. The number of esters is 1. The van der Waals surface area contributed by atoms with Gasteiger partial charge < -0.3 is 10.5 Å². The Morgan fingerprint density at radius 3 is 2.28 bits per heavy atom. The zero-order chi connectivity index (χ0) is 18.2. The van der Waals surface area contributed by atoms with Crippen LogP contribution in [0.5, 0.6) is 0 Å². The average Bonchev–Trinajstić information content (AvgIpc) is 2.98. The zero-order valence-corrected chi connectivity index (χ0v) is 15.7. The van der Waals surface area contributed by atoms with Gasteiger partial charge in [0.05, 0.1) is 27.2 Å². The highest BCUT2D eigenvalue weighted by Crippen LogP contribution is 2.31. The van der Waals surface area contributed by atoms with Crippen LogP contribution < -0.4 is 10.5 Å². The minimum absolute atomic E-state index is 0.0153. The molecule has 138 valence electrons. The normalized spacial score (nSPS) is 23.0. The van der Waals surface area contributed by atoms with Gasteiger partial charge in [-0.2, -0.15) is 0 Å². The molecule has 0 amide bonds. The first-order chi connectivity index (χ1) is 11.8. The van der Waals surface area contributed by atoms with Crippen molar-refractivity contribution in [3.8, 4) is 0 Å². The molecule has 1 atom stereocenters. The minimum Gasteiger partial charge on any atom is -0.464 e. The Labute approximate surface area is 156 Å². The molecule has 0 unspecified atom stereocenters. The van der Waals surface area contributed by atoms with E-state index < -0.39 is 10.0 Å². The molecule has 2 fully saturated rings. The van der Waals surface area contributed by atoms with Crippen molar-refractivity contribution < 1.29 is 17.9 Å². The first-order valence-corrected chi connectivity index (χ1v) is 10.2. The Morgan fingerprint density at radius 2 is 1.76 bits per heavy atom. The Bertz CT molecular complexity index is 756. The lowest BCUT2D eigenvalue weighted by Crippen LogP contribution is -2.49. The maximum atomic E-state index is 12.5. The van der Waals surface area contributed by atoms with Crippen molar-refractivity contribution in [3.63, 3.8) is 0 Å². The number of hydrogen-bond acceptors (Lipinski definition) is 6. The predicted molar refractivity (Wildman–Crippen MR) is 95.2 cm³/mol. The molecule has 0 aromatic heterocycles. The topological polar surface area (TPSA) is 102 Å². The lowest BCUT2D eigenvalue weighted by molar-refractivity contribution is -0.142. The van der Waals surface area contributed by atoms with E-state index in [4.69, 9.17) is 33.7 Å². The molecule has 2 heterocycles. The van der Waals surface area contributed by atoms with Gasteiger partial charge in [0.15, 0.2) is 0 Å². The summed E-state index contributed by atoms with van der Waals surface area (Å²) in [6.07, 6.45) is 1.91. The number of rotatable bonds is 4. The summed E-state index contributed by atoms with van der Waals surface area (Å²) in [6, 6.07) is 2.16. The first kappa shape index (κ1) is 18.7. The largest absolute Gasteiger partial charge is 0.464 e. The summed E-state index contributed by atoms with van der Waals surface area (Å²) in [5.74, 6) is -0.190. The van der Waals surface area contributed by atoms with Crippen LogP contribution in [-0.4, -0.2) is 51.1 Å². The third-order valence-electron chi connectivity index (χ3n) is 4.56. The average molecular weight is 408 g/mol. The summed E-state index contributed by atoms with van der Waals surface area (Å²) in [5, 5.41) is 0.199. The van der Waals surface area contributed by atoms with Gasteiger partial charge in [0.1, 0.15) is 6.04 Å². The number of hydrogen-bond donors (Lipinski definition) is 2. The van der Waals surface area contributed by atoms with E-state index in [1.807, 2.05) is 0 Å². The molecular weight excluding hydrogens is 389 g/mol. The quantitative estimate of drug-likeness (QED) is 0.580. The van der Waals surface area contributed by atoms with Crippen molar-refractivity contribution >= 4 is 44.9 Å². The number of halogens is 2. The van der Waals surface area contributed by atoms with Crippen LogP contribution >= 0.6 is 23.2 Å². The van der Waals surface area contributed by atoms with E-state index in [-0.39, 0.29) is 38.7 Å². The van der Waals surface area contributed by atoms with Crippen molar-refractivity contribution in [2.24, 2.45) is 0 Å². The van der Waals surface area contributed by atoms with Crippen molar-refractivity contribution in [2.75, 3.05) is 25.4 Å². The number of cyclic esters (lactones) is 1. The molecule has 7 nitrogen and oxygen atoms in total. The number of carbonyl (C=O) groups excluding carboxylic acids is 1. The minimum atomic E-state index is -3.75. The van der Waals surface area contributed by atoms with E-state index in [0.717, 1.165) is 0 Å². The van der Waals surface area contributed by atoms with E-state index >= 15 is 0 Å². The molecule has 10 heteroatoms. The summed E-state index contributed by atoms with van der Waals surface area (Å²) < 4.78 is 32.8. The van der Waals surface area contributed by atoms with Crippen LogP contribution in [0.3, 0.4) is 0 Å². The fourth-order valence-corrected chi connectivity index (χ4v) is 5.12. The number of nitrogens with one attached hydrogen (secondary N) is 1. The smallest absolute Gasteiger partial charge is 0.323 e. The van der Waals surface area contributed by atoms with Gasteiger partial charge in [-0.25, -0.2) is 13.1 Å². The van der Waals surface area contributed by atoms with Crippen molar-refractivity contribution in [1.29, 1.82) is 0 Å². The summed E-state index contributed by atoms with van der Waals surface area (Å²) in [5.41, 5.74) is 5.79. The second-order valence-electron chi connectivity index (χ2n) is 6.20. The summed E-state index contributed by atoms with van der Waals surface area (Å²) in [4.78, 5) is 13.7. The molecule has 0 spiro atoms. The molecule has 0 saturated carbocycles. The second-order valence-corrected chi connectivity index (χ2v) is 8.73. The van der Waals surface area contributed by atoms with Crippen LogP contribution in [0.1, 0.15) is 19.3 Å². The molecule has 1 aromatic rings. The molecule has 3 rings (SSSR count). The number of carbonyl (C=O) groups is 1. The number of ether oxygens (including phenoxy) is 1. The van der Waals surface area contributed by atoms with E-state index in [1.54, 1.807) is 0 Å².